The van der Waals surface area contributed by atoms with Gasteiger partial charge in [-0.1, -0.05) is 0 Å². The average molecular weight is 250 g/mol. The Hall–Kier alpha value is -1.00. The molecular weight excluding hydrogens is 240 g/mol. The van der Waals surface area contributed by atoms with Crippen molar-refractivity contribution in [3.05, 3.63) is 20.2 Å². The van der Waals surface area contributed by atoms with Crippen LogP contribution in [-0.2, 0) is 4.74 Å². The van der Waals surface area contributed by atoms with Gasteiger partial charge in [0, 0.05) is 11.5 Å². The maximum absolute atomic E-state index is 11.3. The predicted octanol–water partition coefficient (Wildman–Crippen LogP) is -2.79. The van der Waals surface area contributed by atoms with Crippen LogP contribution >= 0.6 is 11.5 Å². The fourth-order valence-corrected chi connectivity index (χ4v) is 2.26. The maximum atomic E-state index is 11.3. The highest BCUT2D eigenvalue weighted by molar-refractivity contribution is 7.03. The van der Waals surface area contributed by atoms with Crippen LogP contribution in [0.15, 0.2) is 9.59 Å². The van der Waals surface area contributed by atoms with Gasteiger partial charge in [-0.15, -0.1) is 0 Å². The quantitative estimate of drug-likeness (QED) is 0.449. The Morgan fingerprint density at radius 1 is 1.38 bits per heavy atom. The van der Waals surface area contributed by atoms with E-state index in [-0.39, 0.29) is 0 Å². The Labute approximate surface area is 92.5 Å². The minimum Gasteiger partial charge on any atom is -0.394 e. The Morgan fingerprint density at radius 2 is 2.06 bits per heavy atom. The summed E-state index contributed by atoms with van der Waals surface area (Å²) in [6, 6.07) is 0. The largest absolute Gasteiger partial charge is 0.394 e. The molecule has 0 bridgehead atoms. The highest BCUT2D eigenvalue weighted by atomic mass is 32.1. The van der Waals surface area contributed by atoms with Crippen LogP contribution in [0.1, 0.15) is 6.23 Å². The van der Waals surface area contributed by atoms with Crippen LogP contribution in [0.25, 0.3) is 0 Å². The van der Waals surface area contributed by atoms with Crippen molar-refractivity contribution in [1.29, 1.82) is 0 Å². The molecule has 4 N–H and O–H groups in total. The first-order chi connectivity index (χ1) is 7.54. The van der Waals surface area contributed by atoms with E-state index in [1.165, 1.54) is 0 Å². The second kappa shape index (κ2) is 4.11. The van der Waals surface area contributed by atoms with Crippen molar-refractivity contribution in [2.75, 3.05) is 6.61 Å². The van der Waals surface area contributed by atoms with Crippen molar-refractivity contribution in [3.63, 3.8) is 0 Å². The van der Waals surface area contributed by atoms with Gasteiger partial charge in [0.15, 0.2) is 6.23 Å². The Morgan fingerprint density at radius 3 is 2.50 bits per heavy atom. The summed E-state index contributed by atoms with van der Waals surface area (Å²) >= 11 is 0.545. The lowest BCUT2D eigenvalue weighted by Crippen LogP contribution is -2.34. The molecule has 1 fully saturated rings. The molecule has 0 unspecified atom stereocenters. The van der Waals surface area contributed by atoms with Crippen LogP contribution in [0.5, 0.6) is 0 Å². The van der Waals surface area contributed by atoms with E-state index in [4.69, 9.17) is 9.84 Å². The van der Waals surface area contributed by atoms with Gasteiger partial charge in [0.25, 0.3) is 0 Å². The van der Waals surface area contributed by atoms with Crippen molar-refractivity contribution in [2.45, 2.75) is 24.5 Å². The number of H-pyrrole nitrogens is 1. The monoisotopic (exact) mass is 250 g/mol. The van der Waals surface area contributed by atoms with E-state index in [0.29, 0.717) is 11.5 Å². The van der Waals surface area contributed by atoms with E-state index >= 15 is 0 Å². The molecular formula is C7H10N2O6S. The smallest absolute Gasteiger partial charge is 0.340 e. The van der Waals surface area contributed by atoms with Crippen LogP contribution < -0.4 is 10.6 Å². The summed E-state index contributed by atoms with van der Waals surface area (Å²) in [5.74, 6) is 0. The van der Waals surface area contributed by atoms with Crippen molar-refractivity contribution in [3.8, 4) is 0 Å². The molecule has 2 rings (SSSR count). The van der Waals surface area contributed by atoms with Gasteiger partial charge in [-0.2, -0.15) is 0 Å². The number of aromatic nitrogens is 2. The summed E-state index contributed by atoms with van der Waals surface area (Å²) in [7, 11) is 0. The van der Waals surface area contributed by atoms with Crippen molar-refractivity contribution < 1.29 is 20.1 Å². The standard InChI is InChI=1S/C7H10N2O6S/c10-1-2-3(11)4(12)5(15-2)9-6(13)8-7(14)16-9/h2-5,10-12H,1H2,(H,8,13,14)/t2-,3-,4-,5-/m1/s1. The van der Waals surface area contributed by atoms with E-state index in [9.17, 15) is 19.8 Å². The number of rotatable bonds is 2. The SMILES string of the molecule is O=c1[nH]c(=O)n([C@@H]2O[C@H](CO)[C@@H](O)[C@H]2O)s1. The summed E-state index contributed by atoms with van der Waals surface area (Å²) in [6.45, 7) is -0.483. The molecule has 0 saturated carbocycles. The number of ether oxygens (including phenoxy) is 1. The third-order valence-electron chi connectivity index (χ3n) is 2.34. The Kier molecular flexibility index (Phi) is 2.95. The molecule has 0 aromatic carbocycles. The van der Waals surface area contributed by atoms with Crippen LogP contribution in [0.4, 0.5) is 0 Å². The lowest BCUT2D eigenvalue weighted by Gasteiger charge is -2.13. The Bertz CT molecular complexity index is 478. The molecule has 16 heavy (non-hydrogen) atoms. The van der Waals surface area contributed by atoms with Crippen molar-refractivity contribution in [2.24, 2.45) is 0 Å². The molecule has 90 valence electrons. The minimum absolute atomic E-state index is 0.483. The number of aliphatic hydroxyl groups is 3. The second-order valence-electron chi connectivity index (χ2n) is 3.36. The lowest BCUT2D eigenvalue weighted by atomic mass is 10.1. The van der Waals surface area contributed by atoms with Gasteiger partial charge in [-0.25, -0.2) is 8.75 Å². The van der Waals surface area contributed by atoms with E-state index < -0.39 is 41.7 Å². The molecule has 0 radical (unpaired) electrons. The number of aliphatic hydroxyl groups excluding tert-OH is 3. The molecule has 2 heterocycles. The van der Waals surface area contributed by atoms with Crippen LogP contribution in [-0.4, -0.2) is 49.2 Å². The molecule has 1 aromatic rings. The fourth-order valence-electron chi connectivity index (χ4n) is 1.54. The molecule has 0 spiro atoms. The second-order valence-corrected chi connectivity index (χ2v) is 4.31. The molecule has 1 aromatic heterocycles. The summed E-state index contributed by atoms with van der Waals surface area (Å²) in [5.41, 5.74) is -0.718. The Balaban J connectivity index is 2.33. The van der Waals surface area contributed by atoms with Crippen LogP contribution in [0.2, 0.25) is 0 Å². The van der Waals surface area contributed by atoms with Gasteiger partial charge >= 0.3 is 10.6 Å². The number of hydrogen-bond donors (Lipinski definition) is 4. The maximum Gasteiger partial charge on any atom is 0.340 e. The van der Waals surface area contributed by atoms with Crippen LogP contribution in [0, 0.1) is 0 Å². The minimum atomic E-state index is -1.36. The van der Waals surface area contributed by atoms with E-state index in [2.05, 4.69) is 0 Å². The van der Waals surface area contributed by atoms with Gasteiger partial charge in [0.05, 0.1) is 6.61 Å². The summed E-state index contributed by atoms with van der Waals surface area (Å²) in [6.07, 6.45) is -4.77. The number of hydrogen-bond acceptors (Lipinski definition) is 7. The van der Waals surface area contributed by atoms with E-state index in [0.717, 1.165) is 3.96 Å². The zero-order valence-corrected chi connectivity index (χ0v) is 8.75. The normalized spacial score (nSPS) is 34.4. The molecule has 1 saturated heterocycles. The van der Waals surface area contributed by atoms with E-state index in [1.54, 1.807) is 0 Å². The third-order valence-corrected chi connectivity index (χ3v) is 3.18. The fraction of sp³-hybridized carbons (Fsp3) is 0.714. The summed E-state index contributed by atoms with van der Waals surface area (Å²) in [4.78, 5) is 23.6. The first-order valence-corrected chi connectivity index (χ1v) is 5.26. The topological polar surface area (TPSA) is 125 Å². The number of nitrogens with one attached hydrogen (secondary N) is 1. The molecule has 0 aliphatic carbocycles. The van der Waals surface area contributed by atoms with Crippen LogP contribution in [0.3, 0.4) is 0 Å². The van der Waals surface area contributed by atoms with Gasteiger partial charge in [0.1, 0.15) is 18.3 Å². The van der Waals surface area contributed by atoms with Gasteiger partial charge in [-0.3, -0.25) is 9.78 Å². The molecule has 1 aliphatic rings. The first-order valence-electron chi connectivity index (χ1n) is 4.49. The van der Waals surface area contributed by atoms with E-state index in [1.807, 2.05) is 4.98 Å². The highest BCUT2D eigenvalue weighted by Crippen LogP contribution is 2.28. The molecule has 0 amide bonds. The number of aromatic amines is 1. The zero-order chi connectivity index (χ0) is 11.9. The third kappa shape index (κ3) is 1.72. The molecule has 9 heteroatoms. The zero-order valence-electron chi connectivity index (χ0n) is 7.94. The molecule has 8 nitrogen and oxygen atoms in total. The summed E-state index contributed by atoms with van der Waals surface area (Å²) in [5, 5.41) is 27.9. The van der Waals surface area contributed by atoms with Crippen molar-refractivity contribution in [1.82, 2.24) is 8.94 Å². The lowest BCUT2D eigenvalue weighted by molar-refractivity contribution is -0.0493. The number of nitrogens with zero attached hydrogens (tertiary/aromatic N) is 1. The predicted molar refractivity (Wildman–Crippen MR) is 52.2 cm³/mol. The van der Waals surface area contributed by atoms with Gasteiger partial charge in [0.2, 0.25) is 0 Å². The average Bonchev–Trinajstić information content (AvgIpc) is 2.70. The summed E-state index contributed by atoms with van der Waals surface area (Å²) < 4.78 is 5.97. The van der Waals surface area contributed by atoms with Crippen molar-refractivity contribution >= 4 is 11.5 Å². The molecule has 4 atom stereocenters. The first kappa shape index (κ1) is 11.5. The molecule has 1 aliphatic heterocycles. The van der Waals surface area contributed by atoms with Gasteiger partial charge in [-0.05, 0) is 0 Å². The highest BCUT2D eigenvalue weighted by Gasteiger charge is 2.44. The van der Waals surface area contributed by atoms with Gasteiger partial charge < -0.3 is 20.1 Å².